The Bertz CT molecular complexity index is 663. The quantitative estimate of drug-likeness (QED) is 0.911. The van der Waals surface area contributed by atoms with Crippen LogP contribution in [0.1, 0.15) is 54.4 Å². The maximum Gasteiger partial charge on any atom is 0.358 e. The standard InChI is InChI=1S/C15H18ClN3O2/c1-4-10(5-2)14-13(15(20)21)17-18-19(14)12-7-6-11(16)8-9(12)3/h6-8,10H,4-5H2,1-3H3,(H,20,21). The van der Waals surface area contributed by atoms with Crippen molar-refractivity contribution in [3.63, 3.8) is 0 Å². The summed E-state index contributed by atoms with van der Waals surface area (Å²) in [6.45, 7) is 5.98. The van der Waals surface area contributed by atoms with Gasteiger partial charge in [-0.05, 0) is 43.5 Å². The van der Waals surface area contributed by atoms with Crippen LogP contribution in [0.2, 0.25) is 5.02 Å². The Balaban J connectivity index is 2.66. The molecule has 0 fully saturated rings. The number of aromatic nitrogens is 3. The summed E-state index contributed by atoms with van der Waals surface area (Å²) in [5, 5.41) is 17.9. The van der Waals surface area contributed by atoms with Crippen molar-refractivity contribution < 1.29 is 9.90 Å². The smallest absolute Gasteiger partial charge is 0.358 e. The largest absolute Gasteiger partial charge is 0.476 e. The molecule has 2 aromatic rings. The van der Waals surface area contributed by atoms with E-state index in [0.29, 0.717) is 10.7 Å². The van der Waals surface area contributed by atoms with Gasteiger partial charge in [-0.25, -0.2) is 9.48 Å². The first kappa shape index (κ1) is 15.5. The number of aromatic carboxylic acids is 1. The van der Waals surface area contributed by atoms with E-state index in [-0.39, 0.29) is 11.6 Å². The number of rotatable bonds is 5. The van der Waals surface area contributed by atoms with Crippen molar-refractivity contribution >= 4 is 17.6 Å². The van der Waals surface area contributed by atoms with Crippen LogP contribution in [0.5, 0.6) is 0 Å². The van der Waals surface area contributed by atoms with E-state index in [1.165, 1.54) is 0 Å². The lowest BCUT2D eigenvalue weighted by molar-refractivity contribution is 0.0688. The number of benzene rings is 1. The minimum atomic E-state index is -1.05. The molecule has 21 heavy (non-hydrogen) atoms. The van der Waals surface area contributed by atoms with Crippen LogP contribution in [0.4, 0.5) is 0 Å². The molecule has 0 atom stereocenters. The lowest BCUT2D eigenvalue weighted by atomic mass is 9.97. The molecule has 0 aliphatic rings. The molecule has 0 saturated carbocycles. The van der Waals surface area contributed by atoms with Gasteiger partial charge in [-0.15, -0.1) is 5.10 Å². The van der Waals surface area contributed by atoms with E-state index in [1.54, 1.807) is 10.7 Å². The van der Waals surface area contributed by atoms with Crippen molar-refractivity contribution in [3.05, 3.63) is 40.2 Å². The number of carboxylic acid groups (broad SMARTS) is 1. The third-order valence-corrected chi connectivity index (χ3v) is 3.90. The maximum absolute atomic E-state index is 11.4. The summed E-state index contributed by atoms with van der Waals surface area (Å²) in [5.74, 6) is -0.948. The van der Waals surface area contributed by atoms with Crippen molar-refractivity contribution in [3.8, 4) is 5.69 Å². The molecule has 0 aliphatic heterocycles. The number of hydrogen-bond acceptors (Lipinski definition) is 3. The van der Waals surface area contributed by atoms with Gasteiger partial charge in [0.05, 0.1) is 11.4 Å². The molecule has 1 aromatic carbocycles. The van der Waals surface area contributed by atoms with Crippen LogP contribution < -0.4 is 0 Å². The molecular weight excluding hydrogens is 290 g/mol. The van der Waals surface area contributed by atoms with E-state index < -0.39 is 5.97 Å². The van der Waals surface area contributed by atoms with Crippen molar-refractivity contribution in [1.29, 1.82) is 0 Å². The van der Waals surface area contributed by atoms with E-state index in [2.05, 4.69) is 10.3 Å². The topological polar surface area (TPSA) is 68.0 Å². The summed E-state index contributed by atoms with van der Waals surface area (Å²) in [6, 6.07) is 5.43. The zero-order chi connectivity index (χ0) is 15.6. The number of nitrogens with zero attached hydrogens (tertiary/aromatic N) is 3. The molecule has 0 aliphatic carbocycles. The monoisotopic (exact) mass is 307 g/mol. The molecule has 1 aromatic heterocycles. The first-order chi connectivity index (χ1) is 9.99. The molecule has 0 radical (unpaired) electrons. The summed E-state index contributed by atoms with van der Waals surface area (Å²) >= 11 is 5.98. The van der Waals surface area contributed by atoms with Gasteiger partial charge in [-0.3, -0.25) is 0 Å². The maximum atomic E-state index is 11.4. The molecule has 0 unspecified atom stereocenters. The van der Waals surface area contributed by atoms with Gasteiger partial charge in [0.15, 0.2) is 5.69 Å². The number of carboxylic acids is 1. The van der Waals surface area contributed by atoms with Crippen LogP contribution in [0.3, 0.4) is 0 Å². The van der Waals surface area contributed by atoms with Crippen molar-refractivity contribution in [2.24, 2.45) is 0 Å². The van der Waals surface area contributed by atoms with Gasteiger partial charge < -0.3 is 5.11 Å². The van der Waals surface area contributed by atoms with Gasteiger partial charge in [0.25, 0.3) is 0 Å². The lowest BCUT2D eigenvalue weighted by Crippen LogP contribution is -2.12. The van der Waals surface area contributed by atoms with Gasteiger partial charge in [0.2, 0.25) is 0 Å². The molecule has 1 heterocycles. The fraction of sp³-hybridized carbons (Fsp3) is 0.400. The Morgan fingerprint density at radius 2 is 2.05 bits per heavy atom. The second-order valence-electron chi connectivity index (χ2n) is 4.98. The highest BCUT2D eigenvalue weighted by atomic mass is 35.5. The third kappa shape index (κ3) is 2.93. The molecule has 2 rings (SSSR count). The highest BCUT2D eigenvalue weighted by Gasteiger charge is 2.25. The minimum Gasteiger partial charge on any atom is -0.476 e. The summed E-state index contributed by atoms with van der Waals surface area (Å²) in [7, 11) is 0. The number of carbonyl (C=O) groups is 1. The van der Waals surface area contributed by atoms with Crippen LogP contribution in [-0.2, 0) is 0 Å². The second kappa shape index (κ2) is 6.26. The number of hydrogen-bond donors (Lipinski definition) is 1. The van der Waals surface area contributed by atoms with E-state index in [4.69, 9.17) is 11.6 Å². The number of halogens is 1. The van der Waals surface area contributed by atoms with Crippen LogP contribution in [-0.4, -0.2) is 26.1 Å². The van der Waals surface area contributed by atoms with Gasteiger partial charge >= 0.3 is 5.97 Å². The fourth-order valence-electron chi connectivity index (χ4n) is 2.52. The zero-order valence-electron chi connectivity index (χ0n) is 12.3. The van der Waals surface area contributed by atoms with E-state index >= 15 is 0 Å². The average molecular weight is 308 g/mol. The first-order valence-corrected chi connectivity index (χ1v) is 7.32. The summed E-state index contributed by atoms with van der Waals surface area (Å²) in [6.07, 6.45) is 1.66. The third-order valence-electron chi connectivity index (χ3n) is 3.67. The lowest BCUT2D eigenvalue weighted by Gasteiger charge is -2.16. The molecule has 0 spiro atoms. The summed E-state index contributed by atoms with van der Waals surface area (Å²) < 4.78 is 1.63. The Kier molecular flexibility index (Phi) is 4.63. The van der Waals surface area contributed by atoms with Gasteiger partial charge in [-0.2, -0.15) is 0 Å². The molecule has 1 N–H and O–H groups in total. The van der Waals surface area contributed by atoms with E-state index in [9.17, 15) is 9.90 Å². The molecule has 0 bridgehead atoms. The minimum absolute atomic E-state index is 0.0260. The zero-order valence-corrected chi connectivity index (χ0v) is 13.1. The summed E-state index contributed by atoms with van der Waals surface area (Å²) in [4.78, 5) is 11.4. The molecular formula is C15H18ClN3O2. The van der Waals surface area contributed by atoms with Crippen LogP contribution in [0.15, 0.2) is 18.2 Å². The predicted octanol–water partition coefficient (Wildman–Crippen LogP) is 3.83. The second-order valence-corrected chi connectivity index (χ2v) is 5.42. The highest BCUT2D eigenvalue weighted by Crippen LogP contribution is 2.29. The van der Waals surface area contributed by atoms with Gasteiger partial charge in [0, 0.05) is 10.9 Å². The normalized spacial score (nSPS) is 11.1. The van der Waals surface area contributed by atoms with Crippen LogP contribution in [0, 0.1) is 6.92 Å². The first-order valence-electron chi connectivity index (χ1n) is 6.94. The Labute approximate surface area is 128 Å². The molecule has 6 heteroatoms. The molecule has 5 nitrogen and oxygen atoms in total. The van der Waals surface area contributed by atoms with Crippen LogP contribution >= 0.6 is 11.6 Å². The number of aryl methyl sites for hydroxylation is 1. The summed E-state index contributed by atoms with van der Waals surface area (Å²) in [5.41, 5.74) is 2.41. The SMILES string of the molecule is CCC(CC)c1c(C(=O)O)nnn1-c1ccc(Cl)cc1C. The predicted molar refractivity (Wildman–Crippen MR) is 81.4 cm³/mol. The van der Waals surface area contributed by atoms with Crippen molar-refractivity contribution in [2.75, 3.05) is 0 Å². The fourth-order valence-corrected chi connectivity index (χ4v) is 2.74. The molecule has 112 valence electrons. The van der Waals surface area contributed by atoms with Crippen LogP contribution in [0.25, 0.3) is 5.69 Å². The van der Waals surface area contributed by atoms with Crippen molar-refractivity contribution in [2.45, 2.75) is 39.5 Å². The Hall–Kier alpha value is -1.88. The van der Waals surface area contributed by atoms with E-state index in [1.807, 2.05) is 32.9 Å². The molecule has 0 amide bonds. The van der Waals surface area contributed by atoms with Crippen molar-refractivity contribution in [1.82, 2.24) is 15.0 Å². The van der Waals surface area contributed by atoms with E-state index in [0.717, 1.165) is 24.1 Å². The van der Waals surface area contributed by atoms with Gasteiger partial charge in [0.1, 0.15) is 0 Å². The average Bonchev–Trinajstić information content (AvgIpc) is 2.85. The van der Waals surface area contributed by atoms with Gasteiger partial charge in [-0.1, -0.05) is 30.7 Å². The highest BCUT2D eigenvalue weighted by molar-refractivity contribution is 6.30. The molecule has 0 saturated heterocycles. The Morgan fingerprint density at radius 1 is 1.38 bits per heavy atom. The Morgan fingerprint density at radius 3 is 2.57 bits per heavy atom.